The average molecular weight is 567 g/mol. The van der Waals surface area contributed by atoms with Gasteiger partial charge in [-0.15, -0.1) is 0 Å². The van der Waals surface area contributed by atoms with E-state index in [4.69, 9.17) is 11.5 Å². The van der Waals surface area contributed by atoms with Crippen LogP contribution in [-0.2, 0) is 11.1 Å². The summed E-state index contributed by atoms with van der Waals surface area (Å²) >= 11 is 0. The first-order chi connectivity index (χ1) is 21.6. The van der Waals surface area contributed by atoms with Crippen LogP contribution in [0.1, 0.15) is 33.4 Å². The highest BCUT2D eigenvalue weighted by atomic mass is 15.0. The minimum atomic E-state index is -1.19. The standard InChI is InChI=1S/C42H34N2/c43-41(35-27-15-5-16-28-35)39(33-23-11-3-12-24-33)37(31-19-7-1-8-20-31)38(32-21-9-2-10-22-32)40(34-25-13-4-14-26-34)42(41,44)36-29-17-6-18-30-36/h1-30H,43-44H2. The molecule has 212 valence electrons. The summed E-state index contributed by atoms with van der Waals surface area (Å²) in [6.07, 6.45) is 0. The van der Waals surface area contributed by atoms with Crippen LogP contribution in [0.15, 0.2) is 182 Å². The molecule has 6 aromatic rings. The Morgan fingerprint density at radius 1 is 0.273 bits per heavy atom. The topological polar surface area (TPSA) is 52.0 Å². The van der Waals surface area contributed by atoms with Crippen molar-refractivity contribution < 1.29 is 0 Å². The molecule has 0 fully saturated rings. The third-order valence-corrected chi connectivity index (χ3v) is 8.87. The molecular formula is C42H34N2. The maximum absolute atomic E-state index is 8.15. The van der Waals surface area contributed by atoms with Crippen LogP contribution in [0.4, 0.5) is 0 Å². The third-order valence-electron chi connectivity index (χ3n) is 8.87. The van der Waals surface area contributed by atoms with Crippen molar-refractivity contribution in [1.82, 2.24) is 0 Å². The molecule has 2 heteroatoms. The summed E-state index contributed by atoms with van der Waals surface area (Å²) in [4.78, 5) is 0. The fourth-order valence-electron chi connectivity index (χ4n) is 6.93. The van der Waals surface area contributed by atoms with Crippen molar-refractivity contribution in [2.24, 2.45) is 11.5 Å². The van der Waals surface area contributed by atoms with Crippen LogP contribution in [0.2, 0.25) is 0 Å². The van der Waals surface area contributed by atoms with Crippen molar-refractivity contribution in [3.63, 3.8) is 0 Å². The lowest BCUT2D eigenvalue weighted by atomic mass is 9.54. The number of allylic oxidation sites excluding steroid dienone is 2. The van der Waals surface area contributed by atoms with E-state index in [2.05, 4.69) is 158 Å². The van der Waals surface area contributed by atoms with Crippen molar-refractivity contribution >= 4 is 22.3 Å². The fraction of sp³-hybridized carbons (Fsp3) is 0.0476. The highest BCUT2D eigenvalue weighted by Crippen LogP contribution is 2.62. The SMILES string of the molecule is NC1(c2ccccc2)C(c2ccccc2)=C(c2ccccc2)C(c2ccccc2)=C(c2ccccc2)C1(N)c1ccccc1. The summed E-state index contributed by atoms with van der Waals surface area (Å²) in [5.41, 5.74) is 24.2. The quantitative estimate of drug-likeness (QED) is 0.211. The second-order valence-electron chi connectivity index (χ2n) is 11.3. The van der Waals surface area contributed by atoms with Crippen LogP contribution in [0.25, 0.3) is 22.3 Å². The number of hydrogen-bond acceptors (Lipinski definition) is 2. The summed E-state index contributed by atoms with van der Waals surface area (Å²) in [6, 6.07) is 63.0. The van der Waals surface area contributed by atoms with E-state index in [1.165, 1.54) is 0 Å². The Morgan fingerprint density at radius 3 is 0.773 bits per heavy atom. The van der Waals surface area contributed by atoms with Crippen LogP contribution in [0, 0.1) is 0 Å². The van der Waals surface area contributed by atoms with E-state index in [1.807, 2.05) is 24.3 Å². The smallest absolute Gasteiger partial charge is 0.0946 e. The van der Waals surface area contributed by atoms with E-state index >= 15 is 0 Å². The molecule has 2 nitrogen and oxygen atoms in total. The molecule has 0 aromatic heterocycles. The van der Waals surface area contributed by atoms with Crippen molar-refractivity contribution in [2.45, 2.75) is 11.1 Å². The zero-order valence-corrected chi connectivity index (χ0v) is 24.5. The lowest BCUT2D eigenvalue weighted by molar-refractivity contribution is 0.373. The van der Waals surface area contributed by atoms with Crippen LogP contribution >= 0.6 is 0 Å². The van der Waals surface area contributed by atoms with E-state index in [0.29, 0.717) is 0 Å². The van der Waals surface area contributed by atoms with Gasteiger partial charge in [-0.2, -0.15) is 0 Å². The Labute approximate surface area is 259 Å². The molecule has 0 bridgehead atoms. The predicted octanol–water partition coefficient (Wildman–Crippen LogP) is 8.93. The molecule has 0 saturated heterocycles. The van der Waals surface area contributed by atoms with Crippen molar-refractivity contribution in [3.05, 3.63) is 215 Å². The molecule has 0 aliphatic heterocycles. The highest BCUT2D eigenvalue weighted by molar-refractivity contribution is 6.27. The molecule has 1 aliphatic carbocycles. The van der Waals surface area contributed by atoms with Crippen molar-refractivity contribution in [3.8, 4) is 0 Å². The van der Waals surface area contributed by atoms with E-state index < -0.39 is 11.1 Å². The minimum absolute atomic E-state index is 0.944. The van der Waals surface area contributed by atoms with Gasteiger partial charge in [0, 0.05) is 0 Å². The Balaban J connectivity index is 1.79. The number of nitrogens with two attached hydrogens (primary N) is 2. The Hall–Kier alpha value is -5.28. The molecule has 2 unspecified atom stereocenters. The molecule has 44 heavy (non-hydrogen) atoms. The van der Waals surface area contributed by atoms with Gasteiger partial charge in [0.05, 0.1) is 11.1 Å². The number of hydrogen-bond donors (Lipinski definition) is 2. The second kappa shape index (κ2) is 11.4. The molecule has 2 atom stereocenters. The lowest BCUT2D eigenvalue weighted by Gasteiger charge is -2.54. The Kier molecular flexibility index (Phi) is 7.15. The van der Waals surface area contributed by atoms with E-state index in [0.717, 1.165) is 55.7 Å². The predicted molar refractivity (Wildman–Crippen MR) is 184 cm³/mol. The molecule has 0 spiro atoms. The number of benzene rings is 6. The monoisotopic (exact) mass is 566 g/mol. The summed E-state index contributed by atoms with van der Waals surface area (Å²) < 4.78 is 0. The van der Waals surface area contributed by atoms with Gasteiger partial charge in [-0.25, -0.2) is 0 Å². The summed E-state index contributed by atoms with van der Waals surface area (Å²) in [5.74, 6) is 0. The van der Waals surface area contributed by atoms with Gasteiger partial charge in [-0.3, -0.25) is 0 Å². The highest BCUT2D eigenvalue weighted by Gasteiger charge is 2.58. The summed E-state index contributed by atoms with van der Waals surface area (Å²) in [5, 5.41) is 0. The first kappa shape index (κ1) is 27.5. The van der Waals surface area contributed by atoms with E-state index in [-0.39, 0.29) is 0 Å². The van der Waals surface area contributed by atoms with Gasteiger partial charge in [0.1, 0.15) is 0 Å². The fourth-order valence-corrected chi connectivity index (χ4v) is 6.93. The van der Waals surface area contributed by atoms with Crippen LogP contribution < -0.4 is 11.5 Å². The third kappa shape index (κ3) is 4.36. The average Bonchev–Trinajstić information content (AvgIpc) is 3.11. The van der Waals surface area contributed by atoms with E-state index in [9.17, 15) is 0 Å². The van der Waals surface area contributed by atoms with Gasteiger partial charge >= 0.3 is 0 Å². The lowest BCUT2D eigenvalue weighted by Crippen LogP contribution is -2.63. The van der Waals surface area contributed by atoms with Crippen LogP contribution in [-0.4, -0.2) is 0 Å². The van der Waals surface area contributed by atoms with Gasteiger partial charge in [0.15, 0.2) is 0 Å². The normalized spacial score (nSPS) is 20.0. The summed E-state index contributed by atoms with van der Waals surface area (Å²) in [7, 11) is 0. The first-order valence-corrected chi connectivity index (χ1v) is 15.0. The number of rotatable bonds is 6. The largest absolute Gasteiger partial charge is 0.316 e. The van der Waals surface area contributed by atoms with Gasteiger partial charge < -0.3 is 11.5 Å². The van der Waals surface area contributed by atoms with Gasteiger partial charge in [-0.1, -0.05) is 182 Å². The maximum atomic E-state index is 8.15. The molecule has 0 heterocycles. The van der Waals surface area contributed by atoms with Gasteiger partial charge in [-0.05, 0) is 55.7 Å². The molecule has 0 amide bonds. The zero-order chi connectivity index (χ0) is 30.0. The van der Waals surface area contributed by atoms with Gasteiger partial charge in [0.25, 0.3) is 0 Å². The first-order valence-electron chi connectivity index (χ1n) is 15.0. The van der Waals surface area contributed by atoms with Gasteiger partial charge in [0.2, 0.25) is 0 Å². The second-order valence-corrected chi connectivity index (χ2v) is 11.3. The molecular weight excluding hydrogens is 532 g/mol. The minimum Gasteiger partial charge on any atom is -0.316 e. The summed E-state index contributed by atoms with van der Waals surface area (Å²) in [6.45, 7) is 0. The Morgan fingerprint density at radius 2 is 0.500 bits per heavy atom. The Bertz CT molecular complexity index is 1790. The van der Waals surface area contributed by atoms with E-state index in [1.54, 1.807) is 0 Å². The van der Waals surface area contributed by atoms with Crippen LogP contribution in [0.3, 0.4) is 0 Å². The molecule has 4 N–H and O–H groups in total. The maximum Gasteiger partial charge on any atom is 0.0946 e. The zero-order valence-electron chi connectivity index (χ0n) is 24.5. The molecule has 7 rings (SSSR count). The molecule has 0 saturated carbocycles. The molecule has 0 radical (unpaired) electrons. The molecule has 1 aliphatic rings. The van der Waals surface area contributed by atoms with Crippen molar-refractivity contribution in [1.29, 1.82) is 0 Å². The molecule has 6 aromatic carbocycles. The van der Waals surface area contributed by atoms with Crippen molar-refractivity contribution in [2.75, 3.05) is 0 Å². The van der Waals surface area contributed by atoms with Crippen LogP contribution in [0.5, 0.6) is 0 Å².